The third-order valence-corrected chi connectivity index (χ3v) is 3.97. The molecule has 0 aromatic carbocycles. The smallest absolute Gasteiger partial charge is 0.00161 e. The van der Waals surface area contributed by atoms with Crippen molar-refractivity contribution in [3.63, 3.8) is 0 Å². The number of hydrogen-bond acceptors (Lipinski definition) is 2. The lowest BCUT2D eigenvalue weighted by atomic mass is 9.93. The van der Waals surface area contributed by atoms with Crippen molar-refractivity contribution in [2.24, 2.45) is 5.92 Å². The molecule has 1 fully saturated rings. The highest BCUT2D eigenvalue weighted by Crippen LogP contribution is 2.20. The second-order valence-electron chi connectivity index (χ2n) is 5.53. The Balaban J connectivity index is 1.95. The first-order chi connectivity index (χ1) is 8.36. The number of piperidine rings is 1. The second kappa shape index (κ2) is 9.90. The molecule has 0 spiro atoms. The van der Waals surface area contributed by atoms with Crippen LogP contribution in [-0.2, 0) is 0 Å². The minimum atomic E-state index is 0.988. The number of nitrogens with one attached hydrogen (secondary N) is 1. The number of unbranched alkanes of at least 4 members (excludes halogenated alkanes) is 2. The molecule has 0 saturated carbocycles. The van der Waals surface area contributed by atoms with Gasteiger partial charge in [-0.3, -0.25) is 0 Å². The maximum atomic E-state index is 3.57. The molecule has 1 aliphatic rings. The van der Waals surface area contributed by atoms with Crippen LogP contribution in [0, 0.1) is 5.92 Å². The first-order valence-corrected chi connectivity index (χ1v) is 7.79. The summed E-state index contributed by atoms with van der Waals surface area (Å²) >= 11 is 0. The molecule has 0 unspecified atom stereocenters. The zero-order valence-corrected chi connectivity index (χ0v) is 12.0. The number of rotatable bonds is 9. The summed E-state index contributed by atoms with van der Waals surface area (Å²) in [6, 6.07) is 0. The molecule has 0 aromatic rings. The fourth-order valence-corrected chi connectivity index (χ4v) is 2.61. The van der Waals surface area contributed by atoms with E-state index in [2.05, 4.69) is 24.1 Å². The van der Waals surface area contributed by atoms with E-state index in [1.54, 1.807) is 0 Å². The fraction of sp³-hybridized carbons (Fsp3) is 1.00. The highest BCUT2D eigenvalue weighted by atomic mass is 15.1. The summed E-state index contributed by atoms with van der Waals surface area (Å²) in [5.74, 6) is 0.988. The molecular formula is C15H32N2. The van der Waals surface area contributed by atoms with Crippen LogP contribution in [0.15, 0.2) is 0 Å². The van der Waals surface area contributed by atoms with Crippen molar-refractivity contribution >= 4 is 0 Å². The van der Waals surface area contributed by atoms with Crippen molar-refractivity contribution in [3.8, 4) is 0 Å². The number of likely N-dealkylation sites (tertiary alicyclic amines) is 1. The van der Waals surface area contributed by atoms with E-state index in [9.17, 15) is 0 Å². The summed E-state index contributed by atoms with van der Waals surface area (Å²) < 4.78 is 0. The third kappa shape index (κ3) is 7.05. The second-order valence-corrected chi connectivity index (χ2v) is 5.53. The molecule has 102 valence electrons. The molecule has 0 radical (unpaired) electrons. The van der Waals surface area contributed by atoms with Gasteiger partial charge in [-0.25, -0.2) is 0 Å². The third-order valence-electron chi connectivity index (χ3n) is 3.97. The van der Waals surface area contributed by atoms with Crippen LogP contribution < -0.4 is 5.32 Å². The molecule has 1 heterocycles. The van der Waals surface area contributed by atoms with Crippen LogP contribution >= 0.6 is 0 Å². The van der Waals surface area contributed by atoms with Crippen molar-refractivity contribution in [1.29, 1.82) is 0 Å². The Bertz CT molecular complexity index is 160. The van der Waals surface area contributed by atoms with E-state index in [-0.39, 0.29) is 0 Å². The lowest BCUT2D eigenvalue weighted by molar-refractivity contribution is 0.177. The molecular weight excluding hydrogens is 208 g/mol. The summed E-state index contributed by atoms with van der Waals surface area (Å²) in [5, 5.41) is 3.57. The van der Waals surface area contributed by atoms with E-state index in [0.717, 1.165) is 5.92 Å². The maximum absolute atomic E-state index is 3.57. The molecule has 2 heteroatoms. The van der Waals surface area contributed by atoms with Crippen LogP contribution in [0.1, 0.15) is 58.8 Å². The van der Waals surface area contributed by atoms with Gasteiger partial charge in [0.1, 0.15) is 0 Å². The minimum Gasteiger partial charge on any atom is -0.317 e. The van der Waals surface area contributed by atoms with Crippen LogP contribution in [0.2, 0.25) is 0 Å². The normalized spacial score (nSPS) is 18.7. The zero-order valence-electron chi connectivity index (χ0n) is 12.0. The van der Waals surface area contributed by atoms with Gasteiger partial charge < -0.3 is 10.2 Å². The van der Waals surface area contributed by atoms with Gasteiger partial charge in [-0.05, 0) is 70.7 Å². The van der Waals surface area contributed by atoms with Crippen molar-refractivity contribution in [2.75, 3.05) is 32.7 Å². The average Bonchev–Trinajstić information content (AvgIpc) is 2.37. The molecule has 0 atom stereocenters. The van der Waals surface area contributed by atoms with Gasteiger partial charge in [-0.2, -0.15) is 0 Å². The maximum Gasteiger partial charge on any atom is -0.00161 e. The predicted octanol–water partition coefficient (Wildman–Crippen LogP) is 3.28. The molecule has 2 nitrogen and oxygen atoms in total. The van der Waals surface area contributed by atoms with Crippen molar-refractivity contribution < 1.29 is 0 Å². The van der Waals surface area contributed by atoms with Crippen LogP contribution in [0.3, 0.4) is 0 Å². The van der Waals surface area contributed by atoms with Gasteiger partial charge in [0, 0.05) is 0 Å². The first-order valence-electron chi connectivity index (χ1n) is 7.79. The Kier molecular flexibility index (Phi) is 8.72. The van der Waals surface area contributed by atoms with Crippen LogP contribution in [-0.4, -0.2) is 37.6 Å². The fourth-order valence-electron chi connectivity index (χ4n) is 2.61. The molecule has 0 bridgehead atoms. The van der Waals surface area contributed by atoms with Gasteiger partial charge in [0.15, 0.2) is 0 Å². The molecule has 0 aliphatic carbocycles. The first kappa shape index (κ1) is 15.0. The topological polar surface area (TPSA) is 15.3 Å². The summed E-state index contributed by atoms with van der Waals surface area (Å²) in [6.45, 7) is 11.0. The zero-order chi connectivity index (χ0) is 12.3. The molecule has 0 amide bonds. The molecule has 1 saturated heterocycles. The van der Waals surface area contributed by atoms with Crippen molar-refractivity contribution in [3.05, 3.63) is 0 Å². The molecule has 1 rings (SSSR count). The Hall–Kier alpha value is -0.0800. The van der Waals surface area contributed by atoms with E-state index in [0.29, 0.717) is 0 Å². The lowest BCUT2D eigenvalue weighted by Gasteiger charge is -2.31. The molecule has 17 heavy (non-hydrogen) atoms. The molecule has 1 N–H and O–H groups in total. The summed E-state index contributed by atoms with van der Waals surface area (Å²) in [6.07, 6.45) is 9.60. The van der Waals surface area contributed by atoms with Crippen LogP contribution in [0.25, 0.3) is 0 Å². The van der Waals surface area contributed by atoms with E-state index >= 15 is 0 Å². The lowest BCUT2D eigenvalue weighted by Crippen LogP contribution is -2.35. The minimum absolute atomic E-state index is 0.988. The van der Waals surface area contributed by atoms with Gasteiger partial charge in [0.2, 0.25) is 0 Å². The van der Waals surface area contributed by atoms with E-state index in [1.807, 2.05) is 0 Å². The van der Waals surface area contributed by atoms with Crippen molar-refractivity contribution in [1.82, 2.24) is 10.2 Å². The Labute approximate surface area is 108 Å². The summed E-state index contributed by atoms with van der Waals surface area (Å²) in [4.78, 5) is 2.66. The Morgan fingerprint density at radius 2 is 1.71 bits per heavy atom. The largest absolute Gasteiger partial charge is 0.317 e. The highest BCUT2D eigenvalue weighted by Gasteiger charge is 2.17. The predicted molar refractivity (Wildman–Crippen MR) is 76.5 cm³/mol. The van der Waals surface area contributed by atoms with Crippen LogP contribution in [0.4, 0.5) is 0 Å². The van der Waals surface area contributed by atoms with Gasteiger partial charge in [0.25, 0.3) is 0 Å². The SMILES string of the molecule is CCCCNCCC1CCN(CCCC)CC1. The molecule has 0 aromatic heterocycles. The Morgan fingerprint density at radius 3 is 2.35 bits per heavy atom. The van der Waals surface area contributed by atoms with Gasteiger partial charge in [-0.15, -0.1) is 0 Å². The van der Waals surface area contributed by atoms with Crippen molar-refractivity contribution in [2.45, 2.75) is 58.8 Å². The summed E-state index contributed by atoms with van der Waals surface area (Å²) in [5.41, 5.74) is 0. The van der Waals surface area contributed by atoms with Gasteiger partial charge >= 0.3 is 0 Å². The van der Waals surface area contributed by atoms with E-state index in [1.165, 1.54) is 77.7 Å². The quantitative estimate of drug-likeness (QED) is 0.622. The monoisotopic (exact) mass is 240 g/mol. The van der Waals surface area contributed by atoms with Gasteiger partial charge in [-0.1, -0.05) is 26.7 Å². The molecule has 1 aliphatic heterocycles. The number of hydrogen-bond donors (Lipinski definition) is 1. The highest BCUT2D eigenvalue weighted by molar-refractivity contribution is 4.72. The van der Waals surface area contributed by atoms with Gasteiger partial charge in [0.05, 0.1) is 0 Å². The average molecular weight is 240 g/mol. The summed E-state index contributed by atoms with van der Waals surface area (Å²) in [7, 11) is 0. The standard InChI is InChI=1S/C15H32N2/c1-3-5-10-16-11-7-15-8-13-17(14-9-15)12-6-4-2/h15-16H,3-14H2,1-2H3. The van der Waals surface area contributed by atoms with Crippen LogP contribution in [0.5, 0.6) is 0 Å². The Morgan fingerprint density at radius 1 is 1.00 bits per heavy atom. The van der Waals surface area contributed by atoms with E-state index < -0.39 is 0 Å². The number of nitrogens with zero attached hydrogens (tertiary/aromatic N) is 1. The van der Waals surface area contributed by atoms with E-state index in [4.69, 9.17) is 0 Å².